The first-order valence-electron chi connectivity index (χ1n) is 5.25. The van der Waals surface area contributed by atoms with Gasteiger partial charge in [0.15, 0.2) is 0 Å². The van der Waals surface area contributed by atoms with E-state index in [9.17, 15) is 0 Å². The normalized spacial score (nSPS) is 12.5. The number of methoxy groups -OCH3 is 1. The molecule has 4 nitrogen and oxygen atoms in total. The van der Waals surface area contributed by atoms with Gasteiger partial charge in [-0.15, -0.1) is 0 Å². The van der Waals surface area contributed by atoms with Crippen molar-refractivity contribution >= 4 is 11.6 Å². The zero-order chi connectivity index (χ0) is 12.4. The second kappa shape index (κ2) is 4.77. The van der Waals surface area contributed by atoms with Gasteiger partial charge in [-0.05, 0) is 25.1 Å². The van der Waals surface area contributed by atoms with Crippen molar-refractivity contribution in [3.63, 3.8) is 0 Å². The van der Waals surface area contributed by atoms with Gasteiger partial charge >= 0.3 is 0 Å². The van der Waals surface area contributed by atoms with Gasteiger partial charge < -0.3 is 15.0 Å². The number of rotatable bonds is 3. The summed E-state index contributed by atoms with van der Waals surface area (Å²) >= 11 is 6.09. The molecule has 0 unspecified atom stereocenters. The summed E-state index contributed by atoms with van der Waals surface area (Å²) in [5, 5.41) is 0.564. The molecule has 1 atom stereocenters. The maximum absolute atomic E-state index is 6.09. The summed E-state index contributed by atoms with van der Waals surface area (Å²) < 4.78 is 7.03. The summed E-state index contributed by atoms with van der Waals surface area (Å²) in [5.74, 6) is 0.651. The highest BCUT2D eigenvalue weighted by atomic mass is 35.5. The number of ether oxygens (including phenoxy) is 1. The molecule has 0 fully saturated rings. The number of hydrogen-bond donors (Lipinski definition) is 1. The van der Waals surface area contributed by atoms with Crippen molar-refractivity contribution in [2.45, 2.75) is 13.0 Å². The van der Waals surface area contributed by atoms with E-state index in [0.717, 1.165) is 11.4 Å². The van der Waals surface area contributed by atoms with Crippen LogP contribution in [0.3, 0.4) is 0 Å². The van der Waals surface area contributed by atoms with Crippen LogP contribution in [0.1, 0.15) is 18.7 Å². The van der Waals surface area contributed by atoms with E-state index in [1.807, 2.05) is 29.7 Å². The molecule has 1 aromatic heterocycles. The number of imidazole rings is 1. The lowest BCUT2D eigenvalue weighted by Gasteiger charge is -2.12. The lowest BCUT2D eigenvalue weighted by atomic mass is 10.2. The molecule has 0 saturated heterocycles. The summed E-state index contributed by atoms with van der Waals surface area (Å²) in [4.78, 5) is 4.10. The summed E-state index contributed by atoms with van der Waals surface area (Å²) in [6.07, 6.45) is 3.47. The SMILES string of the molecule is COc1ccc(-n2cncc2[C@H](C)N)cc1Cl. The molecule has 1 aromatic carbocycles. The topological polar surface area (TPSA) is 53.1 Å². The van der Waals surface area contributed by atoms with Crippen molar-refractivity contribution in [1.29, 1.82) is 0 Å². The van der Waals surface area contributed by atoms with Crippen LogP contribution < -0.4 is 10.5 Å². The minimum Gasteiger partial charge on any atom is -0.495 e. The van der Waals surface area contributed by atoms with Gasteiger partial charge in [-0.3, -0.25) is 0 Å². The fourth-order valence-corrected chi connectivity index (χ4v) is 1.92. The van der Waals surface area contributed by atoms with E-state index in [2.05, 4.69) is 4.98 Å². The van der Waals surface area contributed by atoms with Crippen LogP contribution in [0, 0.1) is 0 Å². The Kier molecular flexibility index (Phi) is 3.36. The van der Waals surface area contributed by atoms with Crippen LogP contribution in [0.4, 0.5) is 0 Å². The molecule has 0 aliphatic rings. The van der Waals surface area contributed by atoms with E-state index in [0.29, 0.717) is 10.8 Å². The van der Waals surface area contributed by atoms with E-state index in [1.54, 1.807) is 19.6 Å². The predicted molar refractivity (Wildman–Crippen MR) is 67.7 cm³/mol. The highest BCUT2D eigenvalue weighted by Gasteiger charge is 2.10. The van der Waals surface area contributed by atoms with Gasteiger partial charge in [-0.25, -0.2) is 4.98 Å². The molecule has 0 aliphatic heterocycles. The van der Waals surface area contributed by atoms with Crippen LogP contribution in [0.2, 0.25) is 5.02 Å². The Balaban J connectivity index is 2.46. The first-order chi connectivity index (χ1) is 8.13. The van der Waals surface area contributed by atoms with E-state index in [1.165, 1.54) is 0 Å². The smallest absolute Gasteiger partial charge is 0.137 e. The van der Waals surface area contributed by atoms with Crippen molar-refractivity contribution < 1.29 is 4.74 Å². The zero-order valence-electron chi connectivity index (χ0n) is 9.72. The van der Waals surface area contributed by atoms with Crippen molar-refractivity contribution in [1.82, 2.24) is 9.55 Å². The lowest BCUT2D eigenvalue weighted by Crippen LogP contribution is -2.10. The molecule has 0 aliphatic carbocycles. The van der Waals surface area contributed by atoms with Crippen LogP contribution in [0.5, 0.6) is 5.75 Å². The average Bonchev–Trinajstić information content (AvgIpc) is 2.77. The minimum absolute atomic E-state index is 0.0848. The maximum atomic E-state index is 6.09. The van der Waals surface area contributed by atoms with Crippen LogP contribution in [-0.4, -0.2) is 16.7 Å². The summed E-state index contributed by atoms with van der Waals surface area (Å²) in [5.41, 5.74) is 7.73. The number of nitrogens with two attached hydrogens (primary N) is 1. The van der Waals surface area contributed by atoms with Gasteiger partial charge in [0.1, 0.15) is 5.75 Å². The van der Waals surface area contributed by atoms with E-state index >= 15 is 0 Å². The molecule has 0 radical (unpaired) electrons. The molecule has 5 heteroatoms. The lowest BCUT2D eigenvalue weighted by molar-refractivity contribution is 0.415. The Hall–Kier alpha value is -1.52. The highest BCUT2D eigenvalue weighted by molar-refractivity contribution is 6.32. The Morgan fingerprint density at radius 1 is 1.47 bits per heavy atom. The monoisotopic (exact) mass is 251 g/mol. The van der Waals surface area contributed by atoms with Gasteiger partial charge in [-0.2, -0.15) is 0 Å². The van der Waals surface area contributed by atoms with E-state index < -0.39 is 0 Å². The quantitative estimate of drug-likeness (QED) is 0.912. The van der Waals surface area contributed by atoms with Gasteiger partial charge in [0.2, 0.25) is 0 Å². The number of nitrogens with zero attached hydrogens (tertiary/aromatic N) is 2. The van der Waals surface area contributed by atoms with Gasteiger partial charge in [-0.1, -0.05) is 11.6 Å². The third-order valence-electron chi connectivity index (χ3n) is 2.55. The molecule has 0 amide bonds. The molecule has 17 heavy (non-hydrogen) atoms. The Morgan fingerprint density at radius 2 is 2.24 bits per heavy atom. The summed E-state index contributed by atoms with van der Waals surface area (Å²) in [6.45, 7) is 1.92. The predicted octanol–water partition coefficient (Wildman–Crippen LogP) is 2.55. The molecule has 2 rings (SSSR count). The molecular weight excluding hydrogens is 238 g/mol. The van der Waals surface area contributed by atoms with Gasteiger partial charge in [0, 0.05) is 11.7 Å². The average molecular weight is 252 g/mol. The summed E-state index contributed by atoms with van der Waals surface area (Å²) in [6, 6.07) is 5.48. The number of aromatic nitrogens is 2. The summed E-state index contributed by atoms with van der Waals surface area (Å²) in [7, 11) is 1.59. The van der Waals surface area contributed by atoms with Crippen molar-refractivity contribution in [3.8, 4) is 11.4 Å². The van der Waals surface area contributed by atoms with Crippen molar-refractivity contribution in [3.05, 3.63) is 41.4 Å². The minimum atomic E-state index is -0.0848. The largest absolute Gasteiger partial charge is 0.495 e. The maximum Gasteiger partial charge on any atom is 0.137 e. The highest BCUT2D eigenvalue weighted by Crippen LogP contribution is 2.27. The Bertz CT molecular complexity index is 522. The van der Waals surface area contributed by atoms with Crippen LogP contribution in [0.15, 0.2) is 30.7 Å². The van der Waals surface area contributed by atoms with Gasteiger partial charge in [0.05, 0.1) is 30.4 Å². The molecule has 90 valence electrons. The number of benzene rings is 1. The van der Waals surface area contributed by atoms with Gasteiger partial charge in [0.25, 0.3) is 0 Å². The van der Waals surface area contributed by atoms with Crippen LogP contribution in [-0.2, 0) is 0 Å². The fraction of sp³-hybridized carbons (Fsp3) is 0.250. The third-order valence-corrected chi connectivity index (χ3v) is 2.84. The third kappa shape index (κ3) is 2.28. The second-order valence-electron chi connectivity index (χ2n) is 3.80. The molecule has 2 aromatic rings. The second-order valence-corrected chi connectivity index (χ2v) is 4.20. The zero-order valence-corrected chi connectivity index (χ0v) is 10.5. The van der Waals surface area contributed by atoms with E-state index in [-0.39, 0.29) is 6.04 Å². The molecule has 0 spiro atoms. The fourth-order valence-electron chi connectivity index (χ4n) is 1.66. The molecule has 2 N–H and O–H groups in total. The standard InChI is InChI=1S/C12H14ClN3O/c1-8(14)11-6-15-7-16(11)9-3-4-12(17-2)10(13)5-9/h3-8H,14H2,1-2H3/t8-/m0/s1. The number of halogens is 1. The number of hydrogen-bond acceptors (Lipinski definition) is 3. The Morgan fingerprint density at radius 3 is 2.82 bits per heavy atom. The first kappa shape index (κ1) is 12.0. The Labute approximate surface area is 105 Å². The van der Waals surface area contributed by atoms with Crippen LogP contribution in [0.25, 0.3) is 5.69 Å². The van der Waals surface area contributed by atoms with E-state index in [4.69, 9.17) is 22.1 Å². The molecule has 0 saturated carbocycles. The molecule has 0 bridgehead atoms. The van der Waals surface area contributed by atoms with Crippen LogP contribution >= 0.6 is 11.6 Å². The van der Waals surface area contributed by atoms with Crippen molar-refractivity contribution in [2.75, 3.05) is 7.11 Å². The van der Waals surface area contributed by atoms with Crippen molar-refractivity contribution in [2.24, 2.45) is 5.73 Å². The molecular formula is C12H14ClN3O. The molecule has 1 heterocycles. The first-order valence-corrected chi connectivity index (χ1v) is 5.63.